The van der Waals surface area contributed by atoms with Crippen LogP contribution in [0.25, 0.3) is 6.08 Å². The van der Waals surface area contributed by atoms with Gasteiger partial charge in [0.25, 0.3) is 5.91 Å². The fraction of sp³-hybridized carbons (Fsp3) is 0.312. The average molecular weight is 495 g/mol. The van der Waals surface area contributed by atoms with Crippen molar-refractivity contribution in [3.05, 3.63) is 101 Å². The number of benzene rings is 3. The molecule has 5 rings (SSSR count). The molecule has 1 saturated carbocycles. The monoisotopic (exact) mass is 494 g/mol. The summed E-state index contributed by atoms with van der Waals surface area (Å²) in [6.07, 6.45) is 5.22. The standard InChI is InChI=1S/C32H34N2O3/c1-4-36-27-17-11-23(12-18-27)21-26-7-6-8-29-30(26)33-34(32(35)25-13-9-22(3)10-14-25)31(29)24-15-19-28(20-16-24)37-5-2/h9-21,29,31H,4-8H2,1-3H3/b26-21+. The van der Waals surface area contributed by atoms with Crippen molar-refractivity contribution in [3.8, 4) is 11.5 Å². The van der Waals surface area contributed by atoms with Crippen molar-refractivity contribution in [2.75, 3.05) is 13.2 Å². The number of hydrogen-bond donors (Lipinski definition) is 0. The first-order valence-corrected chi connectivity index (χ1v) is 13.2. The Bertz CT molecular complexity index is 1290. The molecule has 2 unspecified atom stereocenters. The maximum Gasteiger partial charge on any atom is 0.274 e. The molecule has 2 aliphatic rings. The van der Waals surface area contributed by atoms with Crippen molar-refractivity contribution in [1.82, 2.24) is 5.01 Å². The highest BCUT2D eigenvalue weighted by Crippen LogP contribution is 2.45. The van der Waals surface area contributed by atoms with Crippen LogP contribution in [-0.2, 0) is 0 Å². The number of fused-ring (bicyclic) bond motifs is 1. The molecule has 1 aliphatic heterocycles. The molecule has 0 radical (unpaired) electrons. The molecule has 3 aromatic carbocycles. The number of nitrogens with zero attached hydrogens (tertiary/aromatic N) is 2. The summed E-state index contributed by atoms with van der Waals surface area (Å²) >= 11 is 0. The van der Waals surface area contributed by atoms with Crippen LogP contribution >= 0.6 is 0 Å². The van der Waals surface area contributed by atoms with Gasteiger partial charge in [-0.15, -0.1) is 0 Å². The lowest BCUT2D eigenvalue weighted by Gasteiger charge is -2.30. The van der Waals surface area contributed by atoms with Crippen LogP contribution in [0.3, 0.4) is 0 Å². The van der Waals surface area contributed by atoms with Crippen molar-refractivity contribution in [2.24, 2.45) is 11.0 Å². The molecule has 1 amide bonds. The van der Waals surface area contributed by atoms with Crippen molar-refractivity contribution < 1.29 is 14.3 Å². The fourth-order valence-electron chi connectivity index (χ4n) is 5.29. The summed E-state index contributed by atoms with van der Waals surface area (Å²) in [6, 6.07) is 23.9. The number of ether oxygens (including phenoxy) is 2. The van der Waals surface area contributed by atoms with Gasteiger partial charge in [-0.05, 0) is 99.2 Å². The molecule has 190 valence electrons. The number of carbonyl (C=O) groups excluding carboxylic acids is 1. The highest BCUT2D eigenvalue weighted by atomic mass is 16.5. The van der Waals surface area contributed by atoms with Crippen LogP contribution in [0.4, 0.5) is 0 Å². The van der Waals surface area contributed by atoms with Gasteiger partial charge in [0, 0.05) is 11.5 Å². The Morgan fingerprint density at radius 1 is 0.919 bits per heavy atom. The minimum Gasteiger partial charge on any atom is -0.494 e. The Balaban J connectivity index is 1.52. The molecule has 3 aromatic rings. The largest absolute Gasteiger partial charge is 0.494 e. The zero-order valence-corrected chi connectivity index (χ0v) is 21.8. The molecule has 0 bridgehead atoms. The quantitative estimate of drug-likeness (QED) is 0.348. The fourth-order valence-corrected chi connectivity index (χ4v) is 5.29. The summed E-state index contributed by atoms with van der Waals surface area (Å²) in [7, 11) is 0. The summed E-state index contributed by atoms with van der Waals surface area (Å²) in [5.41, 5.74) is 6.20. The zero-order valence-electron chi connectivity index (χ0n) is 21.8. The molecule has 0 N–H and O–H groups in total. The maximum atomic E-state index is 13.8. The third kappa shape index (κ3) is 5.31. The van der Waals surface area contributed by atoms with E-state index in [1.54, 1.807) is 5.01 Å². The van der Waals surface area contributed by atoms with Gasteiger partial charge in [0.1, 0.15) is 11.5 Å². The van der Waals surface area contributed by atoms with Crippen molar-refractivity contribution in [1.29, 1.82) is 0 Å². The smallest absolute Gasteiger partial charge is 0.274 e. The lowest BCUT2D eigenvalue weighted by molar-refractivity contribution is 0.0681. The molecular formula is C32H34N2O3. The first kappa shape index (κ1) is 24.8. The number of hydrogen-bond acceptors (Lipinski definition) is 4. The highest BCUT2D eigenvalue weighted by molar-refractivity contribution is 6.09. The minimum atomic E-state index is -0.150. The van der Waals surface area contributed by atoms with Crippen molar-refractivity contribution in [3.63, 3.8) is 0 Å². The summed E-state index contributed by atoms with van der Waals surface area (Å²) in [5, 5.41) is 6.75. The van der Waals surface area contributed by atoms with Crippen LogP contribution in [0, 0.1) is 12.8 Å². The number of carbonyl (C=O) groups is 1. The molecule has 1 heterocycles. The van der Waals surface area contributed by atoms with Gasteiger partial charge in [-0.3, -0.25) is 4.79 Å². The molecule has 0 saturated heterocycles. The Morgan fingerprint density at radius 3 is 2.16 bits per heavy atom. The second kappa shape index (κ2) is 11.0. The molecule has 5 heteroatoms. The summed E-state index contributed by atoms with van der Waals surface area (Å²) in [4.78, 5) is 13.8. The van der Waals surface area contributed by atoms with E-state index in [1.807, 2.05) is 69.3 Å². The van der Waals surface area contributed by atoms with Gasteiger partial charge in [0.05, 0.1) is 25.0 Å². The van der Waals surface area contributed by atoms with Crippen LogP contribution in [-0.4, -0.2) is 29.8 Å². The van der Waals surface area contributed by atoms with Gasteiger partial charge in [0.15, 0.2) is 0 Å². The SMILES string of the molecule is CCOc1ccc(/C=C2\CCCC3C2=NN(C(=O)c2ccc(C)cc2)C3c2ccc(OCC)cc2)cc1. The van der Waals surface area contributed by atoms with Gasteiger partial charge >= 0.3 is 0 Å². The van der Waals surface area contributed by atoms with E-state index in [0.29, 0.717) is 18.8 Å². The third-order valence-corrected chi connectivity index (χ3v) is 7.07. The van der Waals surface area contributed by atoms with E-state index in [-0.39, 0.29) is 17.9 Å². The summed E-state index contributed by atoms with van der Waals surface area (Å²) < 4.78 is 11.3. The number of allylic oxidation sites excluding steroid dienone is 1. The number of hydrazone groups is 1. The number of aryl methyl sites for hydroxylation is 1. The molecular weight excluding hydrogens is 460 g/mol. The van der Waals surface area contributed by atoms with Gasteiger partial charge in [-0.2, -0.15) is 5.10 Å². The van der Waals surface area contributed by atoms with Gasteiger partial charge in [-0.25, -0.2) is 5.01 Å². The predicted molar refractivity (Wildman–Crippen MR) is 148 cm³/mol. The van der Waals surface area contributed by atoms with E-state index in [0.717, 1.165) is 53.2 Å². The van der Waals surface area contributed by atoms with Crippen LogP contribution in [0.5, 0.6) is 11.5 Å². The van der Waals surface area contributed by atoms with Gasteiger partial charge in [-0.1, -0.05) is 42.0 Å². The second-order valence-corrected chi connectivity index (χ2v) is 9.62. The second-order valence-electron chi connectivity index (χ2n) is 9.62. The predicted octanol–water partition coefficient (Wildman–Crippen LogP) is 7.23. The molecule has 2 atom stereocenters. The minimum absolute atomic E-state index is 0.0683. The molecule has 0 aromatic heterocycles. The number of amides is 1. The van der Waals surface area contributed by atoms with E-state index >= 15 is 0 Å². The normalized spacial score (nSPS) is 19.9. The molecule has 0 spiro atoms. The highest BCUT2D eigenvalue weighted by Gasteiger charge is 2.43. The van der Waals surface area contributed by atoms with Gasteiger partial charge < -0.3 is 9.47 Å². The maximum absolute atomic E-state index is 13.8. The van der Waals surface area contributed by atoms with Crippen LogP contribution in [0.2, 0.25) is 0 Å². The first-order chi connectivity index (χ1) is 18.1. The summed E-state index contributed by atoms with van der Waals surface area (Å²) in [5.74, 6) is 1.78. The molecule has 5 nitrogen and oxygen atoms in total. The molecule has 1 aliphatic carbocycles. The zero-order chi connectivity index (χ0) is 25.8. The van der Waals surface area contributed by atoms with Crippen LogP contribution in [0.15, 0.2) is 83.5 Å². The van der Waals surface area contributed by atoms with Gasteiger partial charge in [0.2, 0.25) is 0 Å². The van der Waals surface area contributed by atoms with Crippen LogP contribution < -0.4 is 9.47 Å². The van der Waals surface area contributed by atoms with Crippen LogP contribution in [0.1, 0.15) is 66.2 Å². The lowest BCUT2D eigenvalue weighted by Crippen LogP contribution is -2.31. The Hall–Kier alpha value is -3.86. The molecule has 37 heavy (non-hydrogen) atoms. The third-order valence-electron chi connectivity index (χ3n) is 7.07. The average Bonchev–Trinajstić information content (AvgIpc) is 3.31. The lowest BCUT2D eigenvalue weighted by atomic mass is 9.77. The Morgan fingerprint density at radius 2 is 1.54 bits per heavy atom. The van der Waals surface area contributed by atoms with E-state index < -0.39 is 0 Å². The summed E-state index contributed by atoms with van der Waals surface area (Å²) in [6.45, 7) is 7.26. The van der Waals surface area contributed by atoms with Crippen molar-refractivity contribution in [2.45, 2.75) is 46.1 Å². The molecule has 1 fully saturated rings. The van der Waals surface area contributed by atoms with E-state index in [9.17, 15) is 4.79 Å². The van der Waals surface area contributed by atoms with E-state index in [1.165, 1.54) is 5.57 Å². The Labute approximate surface area is 219 Å². The van der Waals surface area contributed by atoms with E-state index in [4.69, 9.17) is 14.6 Å². The Kier molecular flexibility index (Phi) is 7.40. The topological polar surface area (TPSA) is 51.1 Å². The number of rotatable bonds is 7. The van der Waals surface area contributed by atoms with Crippen molar-refractivity contribution >= 4 is 17.7 Å². The first-order valence-electron chi connectivity index (χ1n) is 13.2. The van der Waals surface area contributed by atoms with E-state index in [2.05, 4.69) is 30.3 Å².